The molecule has 0 saturated carbocycles. The van der Waals surface area contributed by atoms with E-state index in [9.17, 15) is 13.2 Å². The molecule has 1 saturated heterocycles. The van der Waals surface area contributed by atoms with Gasteiger partial charge in [-0.1, -0.05) is 0 Å². The molecule has 0 bridgehead atoms. The molecule has 0 aromatic rings. The molecule has 13 heavy (non-hydrogen) atoms. The maximum absolute atomic E-state index is 11.0. The van der Waals surface area contributed by atoms with Crippen molar-refractivity contribution in [3.63, 3.8) is 0 Å². The number of hydrogen-bond acceptors (Lipinski definition) is 4. The number of carbonyl (C=O) groups excluding carboxylic acids is 1. The summed E-state index contributed by atoms with van der Waals surface area (Å²) in [6.07, 6.45) is 0.144. The minimum atomic E-state index is -3.54. The van der Waals surface area contributed by atoms with Crippen LogP contribution in [0.4, 0.5) is 0 Å². The van der Waals surface area contributed by atoms with Crippen molar-refractivity contribution >= 4 is 15.9 Å². The third-order valence-corrected chi connectivity index (χ3v) is 2.78. The molecule has 0 aromatic heterocycles. The molecule has 7 heteroatoms. The zero-order valence-electron chi connectivity index (χ0n) is 6.78. The highest BCUT2D eigenvalue weighted by molar-refractivity contribution is 7.89. The third-order valence-electron chi connectivity index (χ3n) is 1.58. The zero-order chi connectivity index (χ0) is 9.90. The Hall–Kier alpha value is -1.13. The molecule has 1 aliphatic heterocycles. The summed E-state index contributed by atoms with van der Waals surface area (Å²) in [5.41, 5.74) is 0. The van der Waals surface area contributed by atoms with Crippen molar-refractivity contribution in [1.82, 2.24) is 10.0 Å². The van der Waals surface area contributed by atoms with E-state index < -0.39 is 21.8 Å². The molecule has 0 radical (unpaired) electrons. The van der Waals surface area contributed by atoms with Gasteiger partial charge in [-0.3, -0.25) is 4.79 Å². The molecule has 1 heterocycles. The third kappa shape index (κ3) is 3.01. The molecule has 1 unspecified atom stereocenters. The van der Waals surface area contributed by atoms with Gasteiger partial charge < -0.3 is 5.32 Å². The molecule has 0 aliphatic carbocycles. The predicted octanol–water partition coefficient (Wildman–Crippen LogP) is -1.68. The minimum Gasteiger partial charge on any atom is -0.354 e. The summed E-state index contributed by atoms with van der Waals surface area (Å²) in [5, 5.41) is 10.7. The van der Waals surface area contributed by atoms with Gasteiger partial charge in [-0.2, -0.15) is 5.26 Å². The lowest BCUT2D eigenvalue weighted by atomic mass is 10.3. The second-order valence-corrected chi connectivity index (χ2v) is 4.49. The van der Waals surface area contributed by atoms with Crippen LogP contribution in [0.15, 0.2) is 0 Å². The summed E-state index contributed by atoms with van der Waals surface area (Å²) in [7, 11) is -3.54. The van der Waals surface area contributed by atoms with Gasteiger partial charge >= 0.3 is 0 Å². The minimum absolute atomic E-state index is 0.144. The van der Waals surface area contributed by atoms with Crippen LogP contribution >= 0.6 is 0 Å². The number of amides is 1. The van der Waals surface area contributed by atoms with Crippen molar-refractivity contribution in [2.75, 3.05) is 12.3 Å². The molecule has 1 aliphatic rings. The van der Waals surface area contributed by atoms with Crippen LogP contribution in [0.1, 0.15) is 6.42 Å². The number of nitrogens with zero attached hydrogens (tertiary/aromatic N) is 1. The highest BCUT2D eigenvalue weighted by Crippen LogP contribution is 2.00. The fourth-order valence-electron chi connectivity index (χ4n) is 1.07. The Kier molecular flexibility index (Phi) is 2.85. The lowest BCUT2D eigenvalue weighted by Crippen LogP contribution is -2.37. The van der Waals surface area contributed by atoms with Crippen molar-refractivity contribution in [1.29, 1.82) is 5.26 Å². The molecule has 6 nitrogen and oxygen atoms in total. The standard InChI is InChI=1S/C6H9N3O3S/c7-1-2-13(11,12)9-5-3-6(10)8-4-5/h5,9H,2-4H2,(H,8,10). The molecular formula is C6H9N3O3S. The van der Waals surface area contributed by atoms with E-state index in [1.807, 2.05) is 0 Å². The Labute approximate surface area is 76.0 Å². The number of nitrogens with one attached hydrogen (secondary N) is 2. The van der Waals surface area contributed by atoms with E-state index in [1.165, 1.54) is 6.07 Å². The van der Waals surface area contributed by atoms with Crippen LogP contribution in [-0.2, 0) is 14.8 Å². The largest absolute Gasteiger partial charge is 0.354 e. The molecule has 0 aromatic carbocycles. The fourth-order valence-corrected chi connectivity index (χ4v) is 2.00. The molecule has 1 rings (SSSR count). The molecular weight excluding hydrogens is 194 g/mol. The van der Waals surface area contributed by atoms with Crippen LogP contribution in [-0.4, -0.2) is 32.7 Å². The lowest BCUT2D eigenvalue weighted by Gasteiger charge is -2.07. The summed E-state index contributed by atoms with van der Waals surface area (Å²) in [6, 6.07) is 1.13. The van der Waals surface area contributed by atoms with Crippen molar-refractivity contribution in [2.45, 2.75) is 12.5 Å². The van der Waals surface area contributed by atoms with Crippen LogP contribution in [0.3, 0.4) is 0 Å². The summed E-state index contributed by atoms with van der Waals surface area (Å²) in [6.45, 7) is 0.295. The molecule has 1 amide bonds. The first-order valence-corrected chi connectivity index (χ1v) is 5.32. The van der Waals surface area contributed by atoms with Gasteiger partial charge in [-0.25, -0.2) is 13.1 Å². The number of nitriles is 1. The van der Waals surface area contributed by atoms with Crippen LogP contribution in [0.5, 0.6) is 0 Å². The van der Waals surface area contributed by atoms with Gasteiger partial charge in [0.15, 0.2) is 5.75 Å². The highest BCUT2D eigenvalue weighted by atomic mass is 32.2. The Morgan fingerprint density at radius 3 is 2.85 bits per heavy atom. The van der Waals surface area contributed by atoms with Gasteiger partial charge in [0.2, 0.25) is 15.9 Å². The summed E-state index contributed by atoms with van der Waals surface area (Å²) in [5.74, 6) is -0.748. The normalized spacial score (nSPS) is 22.4. The van der Waals surface area contributed by atoms with E-state index in [4.69, 9.17) is 5.26 Å². The fraction of sp³-hybridized carbons (Fsp3) is 0.667. The van der Waals surface area contributed by atoms with Crippen LogP contribution in [0, 0.1) is 11.3 Å². The van der Waals surface area contributed by atoms with Crippen LogP contribution < -0.4 is 10.0 Å². The van der Waals surface area contributed by atoms with Gasteiger partial charge in [0, 0.05) is 19.0 Å². The van der Waals surface area contributed by atoms with E-state index in [1.54, 1.807) is 0 Å². The van der Waals surface area contributed by atoms with Crippen LogP contribution in [0.25, 0.3) is 0 Å². The first kappa shape index (κ1) is 9.95. The predicted molar refractivity (Wildman–Crippen MR) is 44.0 cm³/mol. The maximum Gasteiger partial charge on any atom is 0.225 e. The topological polar surface area (TPSA) is 99.1 Å². The molecule has 0 spiro atoms. The van der Waals surface area contributed by atoms with Crippen molar-refractivity contribution in [3.05, 3.63) is 0 Å². The highest BCUT2D eigenvalue weighted by Gasteiger charge is 2.25. The van der Waals surface area contributed by atoms with Crippen molar-refractivity contribution < 1.29 is 13.2 Å². The number of sulfonamides is 1. The number of carbonyl (C=O) groups is 1. The molecule has 1 fully saturated rings. The summed E-state index contributed by atoms with van der Waals surface area (Å²) >= 11 is 0. The number of rotatable bonds is 3. The lowest BCUT2D eigenvalue weighted by molar-refractivity contribution is -0.119. The van der Waals surface area contributed by atoms with Gasteiger partial charge in [-0.15, -0.1) is 0 Å². The second kappa shape index (κ2) is 3.72. The number of hydrogen-bond donors (Lipinski definition) is 2. The first-order chi connectivity index (χ1) is 6.03. The summed E-state index contributed by atoms with van der Waals surface area (Å²) < 4.78 is 24.3. The van der Waals surface area contributed by atoms with E-state index in [-0.39, 0.29) is 12.3 Å². The van der Waals surface area contributed by atoms with E-state index >= 15 is 0 Å². The van der Waals surface area contributed by atoms with E-state index in [0.717, 1.165) is 0 Å². The monoisotopic (exact) mass is 203 g/mol. The molecule has 1 atom stereocenters. The van der Waals surface area contributed by atoms with Gasteiger partial charge in [-0.05, 0) is 0 Å². The first-order valence-electron chi connectivity index (χ1n) is 3.67. The Balaban J connectivity index is 2.50. The second-order valence-electron chi connectivity index (χ2n) is 2.74. The van der Waals surface area contributed by atoms with Crippen LogP contribution in [0.2, 0.25) is 0 Å². The molecule has 2 N–H and O–H groups in total. The average molecular weight is 203 g/mol. The SMILES string of the molecule is N#CCS(=O)(=O)NC1CNC(=O)C1. The van der Waals surface area contributed by atoms with Gasteiger partial charge in [0.05, 0.1) is 6.07 Å². The maximum atomic E-state index is 11.0. The Morgan fingerprint density at radius 2 is 2.38 bits per heavy atom. The Bertz CT molecular complexity index is 343. The van der Waals surface area contributed by atoms with Crippen molar-refractivity contribution in [3.8, 4) is 6.07 Å². The zero-order valence-corrected chi connectivity index (χ0v) is 7.60. The van der Waals surface area contributed by atoms with Crippen molar-refractivity contribution in [2.24, 2.45) is 0 Å². The van der Waals surface area contributed by atoms with E-state index in [0.29, 0.717) is 6.54 Å². The Morgan fingerprint density at radius 1 is 1.69 bits per heavy atom. The smallest absolute Gasteiger partial charge is 0.225 e. The van der Waals surface area contributed by atoms with Gasteiger partial charge in [0.1, 0.15) is 0 Å². The average Bonchev–Trinajstić information content (AvgIpc) is 2.34. The van der Waals surface area contributed by atoms with Gasteiger partial charge in [0.25, 0.3) is 0 Å². The van der Waals surface area contributed by atoms with E-state index in [2.05, 4.69) is 10.0 Å². The summed E-state index contributed by atoms with van der Waals surface area (Å²) in [4.78, 5) is 10.7. The quantitative estimate of drug-likeness (QED) is 0.572. The molecule has 72 valence electrons.